The number of rotatable bonds is 3. The maximum absolute atomic E-state index is 12.7. The molecule has 2 aromatic carbocycles. The van der Waals surface area contributed by atoms with Crippen molar-refractivity contribution in [2.75, 3.05) is 12.0 Å². The predicted molar refractivity (Wildman–Crippen MR) is 84.9 cm³/mol. The lowest BCUT2D eigenvalue weighted by Crippen LogP contribution is -2.22. The number of hydrogen-bond acceptors (Lipinski definition) is 3. The standard InChI is InChI=1S/C18H15NO3/c1-12(20)11-17-15-5-3-4-6-16(15)18(21)19(17)13-7-9-14(22-2)10-8-13/h3-11H,1-2H3/b17-11-. The first-order valence-corrected chi connectivity index (χ1v) is 6.92. The maximum Gasteiger partial charge on any atom is 0.263 e. The van der Waals surface area contributed by atoms with Gasteiger partial charge in [0.1, 0.15) is 5.75 Å². The van der Waals surface area contributed by atoms with Gasteiger partial charge < -0.3 is 4.74 Å². The second-order valence-corrected chi connectivity index (χ2v) is 5.02. The average Bonchev–Trinajstić information content (AvgIpc) is 2.80. The highest BCUT2D eigenvalue weighted by molar-refractivity contribution is 6.24. The summed E-state index contributed by atoms with van der Waals surface area (Å²) in [5, 5.41) is 0. The van der Waals surface area contributed by atoms with Crippen LogP contribution in [0.1, 0.15) is 22.8 Å². The summed E-state index contributed by atoms with van der Waals surface area (Å²) in [4.78, 5) is 25.8. The van der Waals surface area contributed by atoms with Gasteiger partial charge in [-0.15, -0.1) is 0 Å². The summed E-state index contributed by atoms with van der Waals surface area (Å²) >= 11 is 0. The minimum absolute atomic E-state index is 0.0991. The van der Waals surface area contributed by atoms with E-state index in [1.165, 1.54) is 13.0 Å². The number of benzene rings is 2. The van der Waals surface area contributed by atoms with Crippen LogP contribution in [0, 0.1) is 0 Å². The fourth-order valence-electron chi connectivity index (χ4n) is 2.57. The molecule has 0 aromatic heterocycles. The molecule has 0 fully saturated rings. The molecule has 0 aliphatic carbocycles. The number of allylic oxidation sites excluding steroid dienone is 1. The van der Waals surface area contributed by atoms with Crippen LogP contribution in [0.4, 0.5) is 5.69 Å². The van der Waals surface area contributed by atoms with Gasteiger partial charge in [0, 0.05) is 22.9 Å². The normalized spacial score (nSPS) is 15.1. The van der Waals surface area contributed by atoms with Crippen LogP contribution < -0.4 is 9.64 Å². The van der Waals surface area contributed by atoms with Crippen molar-refractivity contribution in [1.82, 2.24) is 0 Å². The van der Waals surface area contributed by atoms with E-state index in [1.54, 1.807) is 42.3 Å². The van der Waals surface area contributed by atoms with E-state index in [-0.39, 0.29) is 11.7 Å². The monoisotopic (exact) mass is 293 g/mol. The number of nitrogens with zero attached hydrogens (tertiary/aromatic N) is 1. The Hall–Kier alpha value is -2.88. The van der Waals surface area contributed by atoms with E-state index in [4.69, 9.17) is 4.74 Å². The Morgan fingerprint density at radius 2 is 1.68 bits per heavy atom. The minimum Gasteiger partial charge on any atom is -0.497 e. The zero-order valence-electron chi connectivity index (χ0n) is 12.4. The number of ether oxygens (including phenoxy) is 1. The van der Waals surface area contributed by atoms with Gasteiger partial charge in [-0.25, -0.2) is 0 Å². The number of carbonyl (C=O) groups excluding carboxylic acids is 2. The van der Waals surface area contributed by atoms with Gasteiger partial charge in [0.25, 0.3) is 5.91 Å². The summed E-state index contributed by atoms with van der Waals surface area (Å²) in [7, 11) is 1.59. The van der Waals surface area contributed by atoms with Crippen molar-refractivity contribution in [3.05, 3.63) is 65.7 Å². The van der Waals surface area contributed by atoms with E-state index < -0.39 is 0 Å². The lowest BCUT2D eigenvalue weighted by Gasteiger charge is -2.18. The Kier molecular flexibility index (Phi) is 3.51. The summed E-state index contributed by atoms with van der Waals surface area (Å²) in [5.41, 5.74) is 2.69. The first kappa shape index (κ1) is 14.1. The van der Waals surface area contributed by atoms with Crippen LogP contribution in [-0.2, 0) is 4.79 Å². The molecule has 4 nitrogen and oxygen atoms in total. The fraction of sp³-hybridized carbons (Fsp3) is 0.111. The molecule has 22 heavy (non-hydrogen) atoms. The van der Waals surface area contributed by atoms with Gasteiger partial charge in [0.15, 0.2) is 5.78 Å². The highest BCUT2D eigenvalue weighted by Gasteiger charge is 2.33. The smallest absolute Gasteiger partial charge is 0.263 e. The molecular weight excluding hydrogens is 278 g/mol. The molecule has 0 saturated carbocycles. The molecule has 0 N–H and O–H groups in total. The van der Waals surface area contributed by atoms with Crippen molar-refractivity contribution in [3.8, 4) is 5.75 Å². The lowest BCUT2D eigenvalue weighted by molar-refractivity contribution is -0.112. The Labute approximate surface area is 128 Å². The van der Waals surface area contributed by atoms with Gasteiger partial charge in [-0.3, -0.25) is 14.5 Å². The number of anilines is 1. The maximum atomic E-state index is 12.7. The first-order chi connectivity index (χ1) is 10.6. The molecule has 110 valence electrons. The third-order valence-electron chi connectivity index (χ3n) is 3.55. The Morgan fingerprint density at radius 1 is 1.05 bits per heavy atom. The number of carbonyl (C=O) groups is 2. The van der Waals surface area contributed by atoms with Crippen molar-refractivity contribution in [1.29, 1.82) is 0 Å². The van der Waals surface area contributed by atoms with E-state index in [2.05, 4.69) is 0 Å². The van der Waals surface area contributed by atoms with Crippen molar-refractivity contribution in [3.63, 3.8) is 0 Å². The van der Waals surface area contributed by atoms with Crippen LogP contribution in [0.5, 0.6) is 5.75 Å². The highest BCUT2D eigenvalue weighted by Crippen LogP contribution is 2.37. The van der Waals surface area contributed by atoms with E-state index in [9.17, 15) is 9.59 Å². The van der Waals surface area contributed by atoms with Crippen LogP contribution in [0.3, 0.4) is 0 Å². The third-order valence-corrected chi connectivity index (χ3v) is 3.55. The van der Waals surface area contributed by atoms with Crippen LogP contribution >= 0.6 is 0 Å². The zero-order valence-corrected chi connectivity index (χ0v) is 12.4. The SMILES string of the molecule is COc1ccc(N2C(=O)c3ccccc3/C2=C/C(C)=O)cc1. The van der Waals surface area contributed by atoms with Gasteiger partial charge in [-0.1, -0.05) is 18.2 Å². The molecule has 0 spiro atoms. The number of methoxy groups -OCH3 is 1. The van der Waals surface area contributed by atoms with Gasteiger partial charge in [0.2, 0.25) is 0 Å². The Bertz CT molecular complexity index is 775. The molecule has 0 saturated heterocycles. The van der Waals surface area contributed by atoms with Gasteiger partial charge in [-0.2, -0.15) is 0 Å². The van der Waals surface area contributed by atoms with Crippen LogP contribution in [0.15, 0.2) is 54.6 Å². The van der Waals surface area contributed by atoms with E-state index in [0.717, 1.165) is 5.56 Å². The summed E-state index contributed by atoms with van der Waals surface area (Å²) in [5.74, 6) is 0.483. The van der Waals surface area contributed by atoms with E-state index >= 15 is 0 Å². The molecule has 0 radical (unpaired) electrons. The average molecular weight is 293 g/mol. The topological polar surface area (TPSA) is 46.6 Å². The fourth-order valence-corrected chi connectivity index (χ4v) is 2.57. The van der Waals surface area contributed by atoms with Crippen molar-refractivity contribution < 1.29 is 14.3 Å². The number of ketones is 1. The van der Waals surface area contributed by atoms with Crippen LogP contribution in [0.2, 0.25) is 0 Å². The Morgan fingerprint density at radius 3 is 2.27 bits per heavy atom. The second-order valence-electron chi connectivity index (χ2n) is 5.02. The molecule has 1 aliphatic heterocycles. The minimum atomic E-state index is -0.131. The predicted octanol–water partition coefficient (Wildman–Crippen LogP) is 3.29. The highest BCUT2D eigenvalue weighted by atomic mass is 16.5. The number of hydrogen-bond donors (Lipinski definition) is 0. The van der Waals surface area contributed by atoms with Gasteiger partial charge >= 0.3 is 0 Å². The van der Waals surface area contributed by atoms with Crippen molar-refractivity contribution >= 4 is 23.1 Å². The molecular formula is C18H15NO3. The first-order valence-electron chi connectivity index (χ1n) is 6.92. The van der Waals surface area contributed by atoms with E-state index in [0.29, 0.717) is 22.7 Å². The largest absolute Gasteiger partial charge is 0.497 e. The summed E-state index contributed by atoms with van der Waals surface area (Å²) in [6.07, 6.45) is 1.49. The summed E-state index contributed by atoms with van der Waals surface area (Å²) in [6, 6.07) is 14.5. The number of fused-ring (bicyclic) bond motifs is 1. The zero-order chi connectivity index (χ0) is 15.7. The third kappa shape index (κ3) is 2.29. The quantitative estimate of drug-likeness (QED) is 0.816. The molecule has 3 rings (SSSR count). The molecule has 2 aromatic rings. The Balaban J connectivity index is 2.13. The summed E-state index contributed by atoms with van der Waals surface area (Å²) in [6.45, 7) is 1.48. The van der Waals surface area contributed by atoms with Crippen LogP contribution in [0.25, 0.3) is 5.70 Å². The van der Waals surface area contributed by atoms with Gasteiger partial charge in [-0.05, 0) is 37.3 Å². The summed E-state index contributed by atoms with van der Waals surface area (Å²) < 4.78 is 5.14. The van der Waals surface area contributed by atoms with E-state index in [1.807, 2.05) is 18.2 Å². The van der Waals surface area contributed by atoms with Crippen molar-refractivity contribution in [2.24, 2.45) is 0 Å². The van der Waals surface area contributed by atoms with Gasteiger partial charge in [0.05, 0.1) is 12.8 Å². The molecule has 1 amide bonds. The van der Waals surface area contributed by atoms with Crippen molar-refractivity contribution in [2.45, 2.75) is 6.92 Å². The molecule has 0 bridgehead atoms. The molecule has 0 atom stereocenters. The van der Waals surface area contributed by atoms with Crippen LogP contribution in [-0.4, -0.2) is 18.8 Å². The molecule has 1 aliphatic rings. The molecule has 0 unspecified atom stereocenters. The second kappa shape index (κ2) is 5.48. The number of amides is 1. The molecule has 4 heteroatoms. The lowest BCUT2D eigenvalue weighted by atomic mass is 10.1. The molecule has 1 heterocycles.